The molecule has 2 heterocycles. The number of hydrogen-bond acceptors (Lipinski definition) is 19. The summed E-state index contributed by atoms with van der Waals surface area (Å²) in [5, 5.41) is 25.0. The van der Waals surface area contributed by atoms with Gasteiger partial charge in [-0.1, -0.05) is 42.5 Å². The summed E-state index contributed by atoms with van der Waals surface area (Å²) in [5.74, 6) is -8.72. The van der Waals surface area contributed by atoms with Crippen LogP contribution in [0.1, 0.15) is 168 Å². The molecular weight excluding hydrogens is 1140 g/mol. The standard InChI is InChI=1S/C63H96N6O19/c1-57(2,3)84-48(72)28-26-42(64-47(71)34-81-36-63(35-70)37-82-62(15,16)83-38-63)51(75)65-43(27-29-49(73)85-58(4,5)6)52(76)66-45(32-39-24-25-40-21-17-18-22-41(40)31-39)53(77)69-30-20-19-23-44(54(78)87-59(7,8)9)67-56(80)68-46(55(79)88-60(10,11)12)33-50(74)86-61(69,13)14/h17-18,21-22,24-25,31,42-46,70H,19-20,23,26-30,32-38H2,1-16H3,(H,64,71)(H,65,75)(H,66,76)(H2,67,68,80). The lowest BCUT2D eigenvalue weighted by Crippen LogP contribution is -2.61. The Bertz CT molecular complexity index is 2780. The first-order chi connectivity index (χ1) is 40.6. The van der Waals surface area contributed by atoms with Crippen LogP contribution in [0, 0.1) is 5.41 Å². The third kappa shape index (κ3) is 25.6. The van der Waals surface area contributed by atoms with E-state index >= 15 is 9.59 Å². The van der Waals surface area contributed by atoms with Crippen molar-refractivity contribution in [3.8, 4) is 0 Å². The molecule has 2 saturated heterocycles. The van der Waals surface area contributed by atoms with Crippen LogP contribution in [0.4, 0.5) is 4.79 Å². The highest BCUT2D eigenvalue weighted by Gasteiger charge is 2.43. The minimum Gasteiger partial charge on any atom is -0.460 e. The molecule has 2 fully saturated rings. The molecule has 2 aromatic carbocycles. The number of benzene rings is 2. The summed E-state index contributed by atoms with van der Waals surface area (Å²) in [5.41, 5.74) is -6.20. The number of urea groups is 1. The maximum absolute atomic E-state index is 15.7. The molecule has 25 heteroatoms. The van der Waals surface area contributed by atoms with Crippen molar-refractivity contribution < 1.29 is 90.9 Å². The fraction of sp³-hybridized carbons (Fsp3) is 0.683. The van der Waals surface area contributed by atoms with Crippen LogP contribution in [0.3, 0.4) is 0 Å². The molecule has 0 saturated carbocycles. The monoisotopic (exact) mass is 1240 g/mol. The number of esters is 5. The highest BCUT2D eigenvalue weighted by molar-refractivity contribution is 5.96. The molecule has 0 aliphatic carbocycles. The van der Waals surface area contributed by atoms with Gasteiger partial charge in [-0.25, -0.2) is 14.4 Å². The second-order valence-corrected chi connectivity index (χ2v) is 27.4. The van der Waals surface area contributed by atoms with Crippen molar-refractivity contribution >= 4 is 70.3 Å². The number of aliphatic hydroxyl groups is 1. The quantitative estimate of drug-likeness (QED) is 0.0686. The Morgan fingerprint density at radius 3 is 1.69 bits per heavy atom. The Hall–Kier alpha value is -6.96. The van der Waals surface area contributed by atoms with Crippen molar-refractivity contribution in [2.75, 3.05) is 39.6 Å². The molecule has 0 aromatic heterocycles. The zero-order chi connectivity index (χ0) is 66.2. The smallest absolute Gasteiger partial charge is 0.329 e. The summed E-state index contributed by atoms with van der Waals surface area (Å²) >= 11 is 0. The van der Waals surface area contributed by atoms with Crippen molar-refractivity contribution in [3.63, 3.8) is 0 Å². The van der Waals surface area contributed by atoms with Gasteiger partial charge in [0.15, 0.2) is 11.5 Å². The van der Waals surface area contributed by atoms with Gasteiger partial charge in [0.2, 0.25) is 23.6 Å². The van der Waals surface area contributed by atoms with Crippen molar-refractivity contribution in [2.45, 2.75) is 233 Å². The van der Waals surface area contributed by atoms with E-state index in [9.17, 15) is 43.5 Å². The maximum Gasteiger partial charge on any atom is 0.329 e. The van der Waals surface area contributed by atoms with Gasteiger partial charge >= 0.3 is 35.9 Å². The number of carbonyl (C=O) groups is 10. The number of nitrogens with zero attached hydrogens (tertiary/aromatic N) is 1. The summed E-state index contributed by atoms with van der Waals surface area (Å²) < 4.78 is 45.5. The van der Waals surface area contributed by atoms with Crippen LogP contribution in [0.2, 0.25) is 0 Å². The van der Waals surface area contributed by atoms with Gasteiger partial charge in [-0.05, 0) is 159 Å². The summed E-state index contributed by atoms with van der Waals surface area (Å²) in [7, 11) is 0. The minimum absolute atomic E-state index is 0.0158. The number of fused-ring (bicyclic) bond motifs is 1. The van der Waals surface area contributed by atoms with E-state index in [1.807, 2.05) is 36.4 Å². The largest absolute Gasteiger partial charge is 0.460 e. The van der Waals surface area contributed by atoms with Gasteiger partial charge in [-0.15, -0.1) is 0 Å². The number of amides is 6. The third-order valence-electron chi connectivity index (χ3n) is 13.5. The molecular formula is C63H96N6O19. The second-order valence-electron chi connectivity index (χ2n) is 27.4. The van der Waals surface area contributed by atoms with Crippen LogP contribution in [-0.4, -0.2) is 173 Å². The molecule has 88 heavy (non-hydrogen) atoms. The number of cyclic esters (lactones) is 1. The Morgan fingerprint density at radius 1 is 0.659 bits per heavy atom. The van der Waals surface area contributed by atoms with E-state index in [-0.39, 0.29) is 64.9 Å². The van der Waals surface area contributed by atoms with Crippen LogP contribution < -0.4 is 26.6 Å². The minimum atomic E-state index is -1.86. The lowest BCUT2D eigenvalue weighted by Gasteiger charge is -2.42. The first-order valence-corrected chi connectivity index (χ1v) is 29.9. The lowest BCUT2D eigenvalue weighted by molar-refractivity contribution is -0.296. The third-order valence-corrected chi connectivity index (χ3v) is 13.5. The number of hydrogen-bond donors (Lipinski definition) is 6. The van der Waals surface area contributed by atoms with Gasteiger partial charge in [0.1, 0.15) is 59.2 Å². The topological polar surface area (TPSA) is 328 Å². The summed E-state index contributed by atoms with van der Waals surface area (Å²) in [6.07, 6.45) is -2.26. The Balaban J connectivity index is 1.79. The number of carbonyl (C=O) groups excluding carboxylic acids is 10. The van der Waals surface area contributed by atoms with Crippen molar-refractivity contribution in [1.29, 1.82) is 0 Å². The molecule has 2 aliphatic rings. The molecule has 0 radical (unpaired) electrons. The number of ether oxygens (including phenoxy) is 8. The molecule has 4 rings (SSSR count). The van der Waals surface area contributed by atoms with Crippen LogP contribution >= 0.6 is 0 Å². The van der Waals surface area contributed by atoms with Crippen LogP contribution in [-0.2, 0) is 87.5 Å². The molecule has 6 amide bonds. The zero-order valence-electron chi connectivity index (χ0n) is 54.3. The van der Waals surface area contributed by atoms with Gasteiger partial charge in [0.25, 0.3) is 0 Å². The predicted molar refractivity (Wildman–Crippen MR) is 321 cm³/mol. The molecule has 0 bridgehead atoms. The Labute approximate surface area is 516 Å². The van der Waals surface area contributed by atoms with E-state index in [4.69, 9.17) is 37.9 Å². The highest BCUT2D eigenvalue weighted by atomic mass is 16.7. The average Bonchev–Trinajstić information content (AvgIpc) is 1.04. The van der Waals surface area contributed by atoms with E-state index in [1.54, 1.807) is 103 Å². The maximum atomic E-state index is 15.7. The van der Waals surface area contributed by atoms with Gasteiger partial charge in [-0.3, -0.25) is 33.6 Å². The molecule has 0 spiro atoms. The van der Waals surface area contributed by atoms with Crippen LogP contribution in [0.5, 0.6) is 0 Å². The first-order valence-electron chi connectivity index (χ1n) is 29.9. The van der Waals surface area contributed by atoms with Crippen LogP contribution in [0.25, 0.3) is 10.8 Å². The Morgan fingerprint density at radius 2 is 1.16 bits per heavy atom. The van der Waals surface area contributed by atoms with Crippen molar-refractivity contribution in [1.82, 2.24) is 31.5 Å². The highest BCUT2D eigenvalue weighted by Crippen LogP contribution is 2.30. The number of nitrogens with one attached hydrogen (secondary N) is 5. The fourth-order valence-electron chi connectivity index (χ4n) is 9.29. The van der Waals surface area contributed by atoms with E-state index in [0.717, 1.165) is 10.8 Å². The molecule has 6 N–H and O–H groups in total. The molecule has 2 aliphatic heterocycles. The molecule has 2 aromatic rings. The number of aliphatic hydroxyl groups excluding tert-OH is 1. The predicted octanol–water partition coefficient (Wildman–Crippen LogP) is 5.26. The molecule has 5 atom stereocenters. The van der Waals surface area contributed by atoms with Crippen LogP contribution in [0.15, 0.2) is 42.5 Å². The van der Waals surface area contributed by atoms with Gasteiger partial charge in [0, 0.05) is 25.8 Å². The lowest BCUT2D eigenvalue weighted by atomic mass is 9.91. The first kappa shape index (κ1) is 73.5. The zero-order valence-corrected chi connectivity index (χ0v) is 54.3. The van der Waals surface area contributed by atoms with Crippen molar-refractivity contribution in [2.24, 2.45) is 5.41 Å². The summed E-state index contributed by atoms with van der Waals surface area (Å²) in [6.45, 7) is 24.7. The van der Waals surface area contributed by atoms with E-state index < -0.39 is 162 Å². The normalized spacial score (nSPS) is 19.5. The van der Waals surface area contributed by atoms with Gasteiger partial charge in [-0.2, -0.15) is 0 Å². The second kappa shape index (κ2) is 31.0. The summed E-state index contributed by atoms with van der Waals surface area (Å²) in [4.78, 5) is 142. The fourth-order valence-corrected chi connectivity index (χ4v) is 9.29. The molecule has 5 unspecified atom stereocenters. The van der Waals surface area contributed by atoms with Crippen molar-refractivity contribution in [3.05, 3.63) is 48.0 Å². The average molecular weight is 1240 g/mol. The molecule has 492 valence electrons. The van der Waals surface area contributed by atoms with Gasteiger partial charge in [0.05, 0.1) is 38.3 Å². The summed E-state index contributed by atoms with van der Waals surface area (Å²) in [6, 6.07) is 4.32. The van der Waals surface area contributed by atoms with E-state index in [0.29, 0.717) is 5.56 Å². The van der Waals surface area contributed by atoms with Gasteiger partial charge < -0.3 is 74.5 Å². The molecule has 25 nitrogen and oxygen atoms in total. The van der Waals surface area contributed by atoms with E-state index in [1.165, 1.54) is 18.7 Å². The van der Waals surface area contributed by atoms with E-state index in [2.05, 4.69) is 26.6 Å². The SMILES string of the molecule is CC(C)(C)OC(=O)CCC(NC(=O)COCC1(CO)COC(C)(C)OC1)C(=O)NC(CCC(=O)OC(C)(C)C)C(=O)NC(Cc1ccc2ccccc2c1)C(=O)N1CCCCC(C(=O)OC(C)(C)C)NC(=O)NC(C(=O)OC(C)(C)C)CC(=O)OC1(C)C. The number of rotatable bonds is 21. The Kier molecular flexibility index (Phi) is 25.9.